The molecule has 114 valence electrons. The molecule has 0 aliphatic carbocycles. The van der Waals surface area contributed by atoms with Gasteiger partial charge in [-0.05, 0) is 19.9 Å². The Balaban J connectivity index is 2.71. The molecule has 0 saturated heterocycles. The van der Waals surface area contributed by atoms with E-state index in [-0.39, 0.29) is 19.1 Å². The summed E-state index contributed by atoms with van der Waals surface area (Å²) in [6.45, 7) is 7.87. The van der Waals surface area contributed by atoms with Gasteiger partial charge in [-0.3, -0.25) is 0 Å². The average Bonchev–Trinajstić information content (AvgIpc) is 2.83. The summed E-state index contributed by atoms with van der Waals surface area (Å²) in [6, 6.07) is 7.37. The standard InChI is InChI=1S/C15H20N2O2S2/c1-4-9-17(11(2)3)21(18,19)15-12-7-5-6-8-13(12)20-14(15)10-16/h4-8,11H,1,9-10,16H2,2-3H3. The number of hydrogen-bond donors (Lipinski definition) is 1. The molecule has 0 aliphatic heterocycles. The predicted molar refractivity (Wildman–Crippen MR) is 88.9 cm³/mol. The maximum Gasteiger partial charge on any atom is 0.245 e. The van der Waals surface area contributed by atoms with Crippen molar-refractivity contribution in [2.24, 2.45) is 5.73 Å². The van der Waals surface area contributed by atoms with Crippen LogP contribution in [0, 0.1) is 0 Å². The maximum absolute atomic E-state index is 13.0. The molecule has 2 aromatic rings. The van der Waals surface area contributed by atoms with Crippen LogP contribution in [0.15, 0.2) is 41.8 Å². The van der Waals surface area contributed by atoms with Gasteiger partial charge in [-0.15, -0.1) is 17.9 Å². The van der Waals surface area contributed by atoms with E-state index in [1.54, 1.807) is 6.08 Å². The van der Waals surface area contributed by atoms with Gasteiger partial charge in [0.2, 0.25) is 10.0 Å². The molecule has 1 heterocycles. The fourth-order valence-corrected chi connectivity index (χ4v) is 5.72. The third-order valence-electron chi connectivity index (χ3n) is 3.26. The molecule has 0 saturated carbocycles. The zero-order valence-corrected chi connectivity index (χ0v) is 13.9. The molecule has 6 heteroatoms. The summed E-state index contributed by atoms with van der Waals surface area (Å²) >= 11 is 1.44. The molecule has 0 amide bonds. The lowest BCUT2D eigenvalue weighted by molar-refractivity contribution is 0.383. The molecule has 21 heavy (non-hydrogen) atoms. The molecule has 2 N–H and O–H groups in total. The Labute approximate surface area is 129 Å². The zero-order chi connectivity index (χ0) is 15.6. The van der Waals surface area contributed by atoms with Crippen molar-refractivity contribution < 1.29 is 8.42 Å². The van der Waals surface area contributed by atoms with Crippen molar-refractivity contribution in [2.75, 3.05) is 6.54 Å². The third kappa shape index (κ3) is 2.89. The largest absolute Gasteiger partial charge is 0.326 e. The summed E-state index contributed by atoms with van der Waals surface area (Å²) in [5.74, 6) is 0. The highest BCUT2D eigenvalue weighted by Crippen LogP contribution is 2.36. The predicted octanol–water partition coefficient (Wildman–Crippen LogP) is 2.95. The summed E-state index contributed by atoms with van der Waals surface area (Å²) in [5.41, 5.74) is 5.77. The first-order chi connectivity index (χ1) is 9.93. The first-order valence-corrected chi connectivity index (χ1v) is 9.02. The van der Waals surface area contributed by atoms with Gasteiger partial charge in [0.15, 0.2) is 0 Å². The van der Waals surface area contributed by atoms with Crippen LogP contribution in [-0.4, -0.2) is 25.3 Å². The van der Waals surface area contributed by atoms with Crippen LogP contribution in [-0.2, 0) is 16.6 Å². The molecule has 0 aliphatic rings. The molecule has 0 bridgehead atoms. The molecule has 0 fully saturated rings. The minimum absolute atomic E-state index is 0.141. The zero-order valence-electron chi connectivity index (χ0n) is 12.2. The number of thiophene rings is 1. The summed E-state index contributed by atoms with van der Waals surface area (Å²) in [4.78, 5) is 1.05. The molecule has 0 unspecified atom stereocenters. The number of sulfonamides is 1. The Hall–Kier alpha value is -1.21. The Bertz CT molecular complexity index is 748. The van der Waals surface area contributed by atoms with Gasteiger partial charge in [0.1, 0.15) is 4.90 Å². The number of nitrogens with two attached hydrogens (primary N) is 1. The lowest BCUT2D eigenvalue weighted by atomic mass is 10.2. The van der Waals surface area contributed by atoms with E-state index in [2.05, 4.69) is 6.58 Å². The molecule has 2 rings (SSSR count). The first-order valence-electron chi connectivity index (χ1n) is 6.76. The van der Waals surface area contributed by atoms with Gasteiger partial charge in [0, 0.05) is 34.1 Å². The van der Waals surface area contributed by atoms with E-state index in [0.29, 0.717) is 9.77 Å². The van der Waals surface area contributed by atoms with E-state index in [1.165, 1.54) is 15.6 Å². The minimum Gasteiger partial charge on any atom is -0.326 e. The molecule has 0 radical (unpaired) electrons. The highest BCUT2D eigenvalue weighted by Gasteiger charge is 2.31. The van der Waals surface area contributed by atoms with Gasteiger partial charge in [-0.2, -0.15) is 4.31 Å². The van der Waals surface area contributed by atoms with Crippen LogP contribution in [0.25, 0.3) is 10.1 Å². The van der Waals surface area contributed by atoms with Crippen LogP contribution in [0.2, 0.25) is 0 Å². The van der Waals surface area contributed by atoms with Crippen molar-refractivity contribution >= 4 is 31.4 Å². The van der Waals surface area contributed by atoms with E-state index >= 15 is 0 Å². The summed E-state index contributed by atoms with van der Waals surface area (Å²) in [6.07, 6.45) is 1.61. The normalized spacial score (nSPS) is 12.4. The summed E-state index contributed by atoms with van der Waals surface area (Å²) < 4.78 is 28.5. The minimum atomic E-state index is -3.60. The Morgan fingerprint density at radius 3 is 2.62 bits per heavy atom. The van der Waals surface area contributed by atoms with Gasteiger partial charge in [-0.25, -0.2) is 8.42 Å². The number of hydrogen-bond acceptors (Lipinski definition) is 4. The van der Waals surface area contributed by atoms with Crippen molar-refractivity contribution in [1.29, 1.82) is 0 Å². The van der Waals surface area contributed by atoms with Crippen LogP contribution in [0.3, 0.4) is 0 Å². The third-order valence-corrected chi connectivity index (χ3v) is 6.75. The molecular weight excluding hydrogens is 304 g/mol. The molecular formula is C15H20N2O2S2. The lowest BCUT2D eigenvalue weighted by Gasteiger charge is -2.25. The van der Waals surface area contributed by atoms with Gasteiger partial charge in [0.05, 0.1) is 0 Å². The van der Waals surface area contributed by atoms with E-state index < -0.39 is 10.0 Å². The Morgan fingerprint density at radius 1 is 1.38 bits per heavy atom. The van der Waals surface area contributed by atoms with Crippen LogP contribution < -0.4 is 5.73 Å². The summed E-state index contributed by atoms with van der Waals surface area (Å²) in [7, 11) is -3.60. The maximum atomic E-state index is 13.0. The van der Waals surface area contributed by atoms with Crippen LogP contribution in [0.1, 0.15) is 18.7 Å². The van der Waals surface area contributed by atoms with Crippen molar-refractivity contribution in [3.63, 3.8) is 0 Å². The quantitative estimate of drug-likeness (QED) is 0.831. The van der Waals surface area contributed by atoms with E-state index in [1.807, 2.05) is 38.1 Å². The second-order valence-corrected chi connectivity index (χ2v) is 7.98. The summed E-state index contributed by atoms with van der Waals surface area (Å²) in [5, 5.41) is 0.748. The smallest absolute Gasteiger partial charge is 0.245 e. The highest BCUT2D eigenvalue weighted by molar-refractivity contribution is 7.89. The molecule has 1 aromatic carbocycles. The van der Waals surface area contributed by atoms with Crippen LogP contribution in [0.5, 0.6) is 0 Å². The second kappa shape index (κ2) is 6.27. The van der Waals surface area contributed by atoms with Gasteiger partial charge >= 0.3 is 0 Å². The van der Waals surface area contributed by atoms with Crippen LogP contribution in [0.4, 0.5) is 0 Å². The van der Waals surface area contributed by atoms with Crippen LogP contribution >= 0.6 is 11.3 Å². The average molecular weight is 324 g/mol. The number of benzene rings is 1. The van der Waals surface area contributed by atoms with E-state index in [9.17, 15) is 8.42 Å². The van der Waals surface area contributed by atoms with Crippen molar-refractivity contribution in [2.45, 2.75) is 31.3 Å². The monoisotopic (exact) mass is 324 g/mol. The van der Waals surface area contributed by atoms with Gasteiger partial charge in [0.25, 0.3) is 0 Å². The number of nitrogens with zero attached hydrogens (tertiary/aromatic N) is 1. The van der Waals surface area contributed by atoms with E-state index in [4.69, 9.17) is 5.73 Å². The first kappa shape index (κ1) is 16.2. The van der Waals surface area contributed by atoms with Gasteiger partial charge < -0.3 is 5.73 Å². The molecule has 0 atom stereocenters. The fraction of sp³-hybridized carbons (Fsp3) is 0.333. The van der Waals surface area contributed by atoms with Crippen molar-refractivity contribution in [3.05, 3.63) is 41.8 Å². The molecule has 1 aromatic heterocycles. The fourth-order valence-electron chi connectivity index (χ4n) is 2.32. The molecule has 0 spiro atoms. The highest BCUT2D eigenvalue weighted by atomic mass is 32.2. The number of rotatable bonds is 6. The Kier molecular flexibility index (Phi) is 4.83. The number of fused-ring (bicyclic) bond motifs is 1. The lowest BCUT2D eigenvalue weighted by Crippen LogP contribution is -2.37. The SMILES string of the molecule is C=CCN(C(C)C)S(=O)(=O)c1c(CN)sc2ccccc12. The second-order valence-electron chi connectivity index (χ2n) is 5.01. The molecule has 4 nitrogen and oxygen atoms in total. The van der Waals surface area contributed by atoms with Crippen molar-refractivity contribution in [1.82, 2.24) is 4.31 Å². The Morgan fingerprint density at radius 2 is 2.05 bits per heavy atom. The topological polar surface area (TPSA) is 63.4 Å². The van der Waals surface area contributed by atoms with E-state index in [0.717, 1.165) is 10.1 Å². The van der Waals surface area contributed by atoms with Gasteiger partial charge in [-0.1, -0.05) is 24.3 Å². The van der Waals surface area contributed by atoms with Crippen molar-refractivity contribution in [3.8, 4) is 0 Å².